The van der Waals surface area contributed by atoms with Crippen molar-refractivity contribution in [2.45, 2.75) is 0 Å². The van der Waals surface area contributed by atoms with E-state index in [1.165, 1.54) is 25.6 Å². The number of aromatic nitrogens is 2. The van der Waals surface area contributed by atoms with E-state index in [0.717, 1.165) is 0 Å². The summed E-state index contributed by atoms with van der Waals surface area (Å²) in [4.78, 5) is 7.76. The van der Waals surface area contributed by atoms with Crippen molar-refractivity contribution >= 4 is 28.9 Å². The van der Waals surface area contributed by atoms with E-state index in [0.29, 0.717) is 11.5 Å². The van der Waals surface area contributed by atoms with Crippen LogP contribution >= 0.6 is 11.6 Å². The molecule has 94 valence electrons. The summed E-state index contributed by atoms with van der Waals surface area (Å²) >= 11 is 5.75. The topological polar surface area (TPSA) is 73.1 Å². The van der Waals surface area contributed by atoms with Gasteiger partial charge in [0.1, 0.15) is 12.1 Å². The Morgan fingerprint density at radius 3 is 2.78 bits per heavy atom. The quantitative estimate of drug-likeness (QED) is 0.895. The number of hydrogen-bond donors (Lipinski definition) is 2. The molecule has 0 spiro atoms. The zero-order valence-electron chi connectivity index (χ0n) is 9.45. The fraction of sp³-hybridized carbons (Fsp3) is 0.0909. The van der Waals surface area contributed by atoms with E-state index < -0.39 is 5.82 Å². The van der Waals surface area contributed by atoms with Crippen LogP contribution in [0.15, 0.2) is 24.5 Å². The van der Waals surface area contributed by atoms with Gasteiger partial charge in [-0.05, 0) is 18.2 Å². The molecule has 1 heterocycles. The number of hydrogen-bond acceptors (Lipinski definition) is 5. The van der Waals surface area contributed by atoms with Gasteiger partial charge in [-0.25, -0.2) is 14.4 Å². The van der Waals surface area contributed by atoms with E-state index in [-0.39, 0.29) is 16.6 Å². The second kappa shape index (κ2) is 5.05. The highest BCUT2D eigenvalue weighted by molar-refractivity contribution is 6.30. The van der Waals surface area contributed by atoms with Crippen LogP contribution in [0.2, 0.25) is 5.02 Å². The molecule has 1 aromatic heterocycles. The lowest BCUT2D eigenvalue weighted by Crippen LogP contribution is -2.02. The van der Waals surface area contributed by atoms with Gasteiger partial charge < -0.3 is 15.8 Å². The van der Waals surface area contributed by atoms with Gasteiger partial charge in [-0.3, -0.25) is 0 Å². The first-order chi connectivity index (χ1) is 8.60. The molecule has 0 amide bonds. The molecule has 3 N–H and O–H groups in total. The lowest BCUT2D eigenvalue weighted by molar-refractivity contribution is 0.415. The van der Waals surface area contributed by atoms with Crippen molar-refractivity contribution in [3.05, 3.63) is 35.4 Å². The highest BCUT2D eigenvalue weighted by Gasteiger charge is 2.10. The Balaban J connectivity index is 2.36. The maximum absolute atomic E-state index is 13.2. The molecule has 0 aliphatic heterocycles. The van der Waals surface area contributed by atoms with Crippen molar-refractivity contribution in [3.63, 3.8) is 0 Å². The van der Waals surface area contributed by atoms with Crippen LogP contribution in [0.3, 0.4) is 0 Å². The summed E-state index contributed by atoms with van der Waals surface area (Å²) in [7, 11) is 1.44. The van der Waals surface area contributed by atoms with Crippen LogP contribution in [0.4, 0.5) is 21.7 Å². The summed E-state index contributed by atoms with van der Waals surface area (Å²) in [5.41, 5.74) is 6.07. The molecule has 0 bridgehead atoms. The molecule has 0 aliphatic carbocycles. The number of anilines is 3. The minimum absolute atomic E-state index is 0.192. The van der Waals surface area contributed by atoms with Crippen LogP contribution in [0, 0.1) is 5.82 Å². The Morgan fingerprint density at radius 1 is 1.33 bits per heavy atom. The standard InChI is InChI=1S/C11H10ClFN4O/c1-18-9-10(14)15-5-16-11(9)17-8-3-6(12)2-7(13)4-8/h2-5H,1H3,(H3,14,15,16,17). The fourth-order valence-electron chi connectivity index (χ4n) is 1.44. The van der Waals surface area contributed by atoms with Gasteiger partial charge in [0.15, 0.2) is 11.6 Å². The van der Waals surface area contributed by atoms with Gasteiger partial charge in [-0.15, -0.1) is 0 Å². The Kier molecular flexibility index (Phi) is 3.47. The van der Waals surface area contributed by atoms with E-state index in [1.807, 2.05) is 0 Å². The first-order valence-corrected chi connectivity index (χ1v) is 5.35. The SMILES string of the molecule is COc1c(N)ncnc1Nc1cc(F)cc(Cl)c1. The van der Waals surface area contributed by atoms with Gasteiger partial charge in [0.25, 0.3) is 0 Å². The number of methoxy groups -OCH3 is 1. The summed E-state index contributed by atoms with van der Waals surface area (Å²) in [5.74, 6) is 0.369. The third kappa shape index (κ3) is 2.60. The van der Waals surface area contributed by atoms with Crippen molar-refractivity contribution in [1.29, 1.82) is 0 Å². The monoisotopic (exact) mass is 268 g/mol. The van der Waals surface area contributed by atoms with Crippen molar-refractivity contribution in [2.24, 2.45) is 0 Å². The van der Waals surface area contributed by atoms with Crippen molar-refractivity contribution in [2.75, 3.05) is 18.2 Å². The number of benzene rings is 1. The lowest BCUT2D eigenvalue weighted by Gasteiger charge is -2.11. The van der Waals surface area contributed by atoms with Gasteiger partial charge in [-0.1, -0.05) is 11.6 Å². The van der Waals surface area contributed by atoms with E-state index in [1.54, 1.807) is 6.07 Å². The molecule has 2 aromatic rings. The van der Waals surface area contributed by atoms with Crippen LogP contribution < -0.4 is 15.8 Å². The molecule has 1 aromatic carbocycles. The van der Waals surface area contributed by atoms with E-state index in [9.17, 15) is 4.39 Å². The Bertz CT molecular complexity index is 559. The molecular weight excluding hydrogens is 259 g/mol. The summed E-state index contributed by atoms with van der Waals surface area (Å²) in [6.45, 7) is 0. The molecule has 0 fully saturated rings. The summed E-state index contributed by atoms with van der Waals surface area (Å²) in [5, 5.41) is 3.14. The molecule has 18 heavy (non-hydrogen) atoms. The zero-order chi connectivity index (χ0) is 13.1. The highest BCUT2D eigenvalue weighted by atomic mass is 35.5. The molecule has 0 atom stereocenters. The van der Waals surface area contributed by atoms with Crippen LogP contribution in [0.25, 0.3) is 0 Å². The lowest BCUT2D eigenvalue weighted by atomic mass is 10.3. The molecule has 0 saturated heterocycles. The molecule has 5 nitrogen and oxygen atoms in total. The van der Waals surface area contributed by atoms with Gasteiger partial charge in [0.2, 0.25) is 5.75 Å². The number of nitrogens with two attached hydrogens (primary N) is 1. The van der Waals surface area contributed by atoms with E-state index >= 15 is 0 Å². The van der Waals surface area contributed by atoms with Crippen LogP contribution in [0.5, 0.6) is 5.75 Å². The summed E-state index contributed by atoms with van der Waals surface area (Å²) < 4.78 is 18.2. The van der Waals surface area contributed by atoms with Crippen molar-refractivity contribution < 1.29 is 9.13 Å². The predicted molar refractivity (Wildman–Crippen MR) is 67.7 cm³/mol. The largest absolute Gasteiger partial charge is 0.490 e. The number of ether oxygens (including phenoxy) is 1. The minimum atomic E-state index is -0.453. The fourth-order valence-corrected chi connectivity index (χ4v) is 1.66. The zero-order valence-corrected chi connectivity index (χ0v) is 10.2. The summed E-state index contributed by atoms with van der Waals surface area (Å²) in [6, 6.07) is 4.05. The minimum Gasteiger partial charge on any atom is -0.490 e. The van der Waals surface area contributed by atoms with Gasteiger partial charge in [-0.2, -0.15) is 0 Å². The highest BCUT2D eigenvalue weighted by Crippen LogP contribution is 2.30. The molecular formula is C11H10ClFN4O. The number of halogens is 2. The molecule has 0 radical (unpaired) electrons. The average Bonchev–Trinajstić information content (AvgIpc) is 2.27. The molecule has 0 aliphatic rings. The number of rotatable bonds is 3. The van der Waals surface area contributed by atoms with Gasteiger partial charge >= 0.3 is 0 Å². The van der Waals surface area contributed by atoms with E-state index in [4.69, 9.17) is 22.1 Å². The number of nitrogens with one attached hydrogen (secondary N) is 1. The molecule has 0 unspecified atom stereocenters. The van der Waals surface area contributed by atoms with Gasteiger partial charge in [0.05, 0.1) is 7.11 Å². The Morgan fingerprint density at radius 2 is 2.11 bits per heavy atom. The normalized spacial score (nSPS) is 10.2. The van der Waals surface area contributed by atoms with Crippen LogP contribution in [0.1, 0.15) is 0 Å². The maximum Gasteiger partial charge on any atom is 0.204 e. The Hall–Kier alpha value is -2.08. The predicted octanol–water partition coefficient (Wildman–Crippen LogP) is 2.60. The third-order valence-corrected chi connectivity index (χ3v) is 2.38. The van der Waals surface area contributed by atoms with Crippen LogP contribution in [-0.2, 0) is 0 Å². The number of nitrogens with zero attached hydrogens (tertiary/aromatic N) is 2. The van der Waals surface area contributed by atoms with Crippen molar-refractivity contribution in [3.8, 4) is 5.75 Å². The third-order valence-electron chi connectivity index (χ3n) is 2.16. The van der Waals surface area contributed by atoms with Gasteiger partial charge in [0, 0.05) is 10.7 Å². The Labute approximate surface area is 108 Å². The van der Waals surface area contributed by atoms with Crippen LogP contribution in [-0.4, -0.2) is 17.1 Å². The molecule has 0 saturated carbocycles. The van der Waals surface area contributed by atoms with Crippen molar-refractivity contribution in [1.82, 2.24) is 9.97 Å². The smallest absolute Gasteiger partial charge is 0.204 e. The number of nitrogen functional groups attached to an aromatic ring is 1. The average molecular weight is 269 g/mol. The van der Waals surface area contributed by atoms with E-state index in [2.05, 4.69) is 15.3 Å². The summed E-state index contributed by atoms with van der Waals surface area (Å²) in [6.07, 6.45) is 1.28. The first kappa shape index (κ1) is 12.4. The first-order valence-electron chi connectivity index (χ1n) is 4.97. The second-order valence-electron chi connectivity index (χ2n) is 3.42. The second-order valence-corrected chi connectivity index (χ2v) is 3.86. The molecule has 7 heteroatoms. The maximum atomic E-state index is 13.2. The molecule has 2 rings (SSSR count).